The number of pyridine rings is 1. The Hall–Kier alpha value is -2.82. The van der Waals surface area contributed by atoms with Gasteiger partial charge in [-0.2, -0.15) is 0 Å². The molecule has 11 heteroatoms. The van der Waals surface area contributed by atoms with Crippen molar-refractivity contribution in [1.82, 2.24) is 14.6 Å². The van der Waals surface area contributed by atoms with Gasteiger partial charge in [-0.25, -0.2) is 8.42 Å². The van der Waals surface area contributed by atoms with Crippen molar-refractivity contribution < 1.29 is 26.3 Å². The summed E-state index contributed by atoms with van der Waals surface area (Å²) in [4.78, 5) is 0. The third-order valence-electron chi connectivity index (χ3n) is 3.72. The molecule has 2 aromatic heterocycles. The second-order valence-corrected chi connectivity index (χ2v) is 7.68. The second-order valence-electron chi connectivity index (χ2n) is 5.66. The fourth-order valence-electron chi connectivity index (χ4n) is 2.45. The van der Waals surface area contributed by atoms with Crippen LogP contribution in [0.15, 0.2) is 36.5 Å². The maximum Gasteiger partial charge on any atom is 0.573 e. The summed E-state index contributed by atoms with van der Waals surface area (Å²) in [5.41, 5.74) is 1.34. The number of fused-ring (bicyclic) bond motifs is 1. The molecule has 3 aromatic rings. The molecule has 7 nitrogen and oxygen atoms in total. The lowest BCUT2D eigenvalue weighted by Gasteiger charge is -2.12. The minimum atomic E-state index is -4.81. The second kappa shape index (κ2) is 6.72. The van der Waals surface area contributed by atoms with E-state index in [1.165, 1.54) is 31.2 Å². The molecule has 0 bridgehead atoms. The van der Waals surface area contributed by atoms with Gasteiger partial charge in [-0.05, 0) is 37.6 Å². The lowest BCUT2D eigenvalue weighted by Crippen LogP contribution is -2.17. The fraction of sp³-hybridized carbons (Fsp3) is 0.250. The molecular formula is C16H15F3N4O3S. The van der Waals surface area contributed by atoms with Crippen molar-refractivity contribution in [2.24, 2.45) is 0 Å². The van der Waals surface area contributed by atoms with E-state index in [-0.39, 0.29) is 22.8 Å². The van der Waals surface area contributed by atoms with E-state index in [1.807, 2.05) is 0 Å². The number of anilines is 1. The van der Waals surface area contributed by atoms with Crippen molar-refractivity contribution in [1.29, 1.82) is 0 Å². The molecule has 0 spiro atoms. The van der Waals surface area contributed by atoms with Crippen LogP contribution in [0.2, 0.25) is 0 Å². The molecule has 0 saturated heterocycles. The lowest BCUT2D eigenvalue weighted by molar-refractivity contribution is -0.274. The molecule has 0 aliphatic heterocycles. The number of nitrogens with one attached hydrogen (secondary N) is 1. The van der Waals surface area contributed by atoms with Gasteiger partial charge in [0, 0.05) is 11.8 Å². The van der Waals surface area contributed by atoms with E-state index in [1.54, 1.807) is 23.6 Å². The number of benzene rings is 1. The van der Waals surface area contributed by atoms with Crippen molar-refractivity contribution in [3.63, 3.8) is 0 Å². The maximum atomic E-state index is 12.5. The molecule has 0 amide bonds. The molecule has 1 aromatic carbocycles. The van der Waals surface area contributed by atoms with Gasteiger partial charge in [-0.15, -0.1) is 23.4 Å². The number of nitrogens with zero attached hydrogens (tertiary/aromatic N) is 3. The monoisotopic (exact) mass is 400 g/mol. The standard InChI is InChI=1S/C16H15F3N4O3S/c1-3-27(24,25)22-14-8-12(9-23-10(2)20-21-15(14)23)11-5-4-6-13(7-11)26-16(17,18)19/h4-9,22H,3H2,1-2H3. The SMILES string of the molecule is CCS(=O)(=O)Nc1cc(-c2cccc(OC(F)(F)F)c2)cn2c(C)nnc12. The number of hydrogen-bond acceptors (Lipinski definition) is 5. The van der Waals surface area contributed by atoms with Gasteiger partial charge in [0.1, 0.15) is 11.6 Å². The molecule has 0 atom stereocenters. The Morgan fingerprint density at radius 2 is 1.93 bits per heavy atom. The summed E-state index contributed by atoms with van der Waals surface area (Å²) in [6.07, 6.45) is -3.20. The van der Waals surface area contributed by atoms with Gasteiger partial charge in [0.2, 0.25) is 10.0 Å². The first-order chi connectivity index (χ1) is 12.6. The van der Waals surface area contributed by atoms with E-state index in [2.05, 4.69) is 19.7 Å². The summed E-state index contributed by atoms with van der Waals surface area (Å²) < 4.78 is 69.2. The van der Waals surface area contributed by atoms with Crippen LogP contribution in [0.25, 0.3) is 16.8 Å². The smallest absolute Gasteiger partial charge is 0.406 e. The highest BCUT2D eigenvalue weighted by molar-refractivity contribution is 7.92. The molecule has 3 rings (SSSR count). The molecular weight excluding hydrogens is 385 g/mol. The Labute approximate surface area is 152 Å². The van der Waals surface area contributed by atoms with Crippen LogP contribution in [-0.4, -0.2) is 35.1 Å². The van der Waals surface area contributed by atoms with E-state index >= 15 is 0 Å². The zero-order valence-corrected chi connectivity index (χ0v) is 15.1. The van der Waals surface area contributed by atoms with Gasteiger partial charge in [-0.1, -0.05) is 12.1 Å². The molecule has 0 saturated carbocycles. The predicted octanol–water partition coefficient (Wildman–Crippen LogP) is 3.36. The minimum absolute atomic E-state index is 0.147. The average molecular weight is 400 g/mol. The average Bonchev–Trinajstić information content (AvgIpc) is 2.95. The molecule has 0 aliphatic carbocycles. The zero-order chi connectivity index (χ0) is 19.8. The van der Waals surface area contributed by atoms with Gasteiger partial charge in [0.25, 0.3) is 0 Å². The number of halogens is 3. The first-order valence-corrected chi connectivity index (χ1v) is 9.45. The highest BCUT2D eigenvalue weighted by Crippen LogP contribution is 2.31. The number of hydrogen-bond donors (Lipinski definition) is 1. The van der Waals surface area contributed by atoms with Crippen LogP contribution < -0.4 is 9.46 Å². The summed E-state index contributed by atoms with van der Waals surface area (Å²) in [5.74, 6) is -0.0337. The van der Waals surface area contributed by atoms with Crippen LogP contribution in [0.1, 0.15) is 12.7 Å². The molecule has 0 radical (unpaired) electrons. The Morgan fingerprint density at radius 1 is 1.19 bits per heavy atom. The summed E-state index contributed by atoms with van der Waals surface area (Å²) in [6, 6.07) is 6.88. The van der Waals surface area contributed by atoms with Gasteiger partial charge >= 0.3 is 6.36 Å². The highest BCUT2D eigenvalue weighted by atomic mass is 32.2. The number of alkyl halides is 3. The molecule has 0 aliphatic rings. The maximum absolute atomic E-state index is 12.5. The fourth-order valence-corrected chi connectivity index (χ4v) is 3.08. The van der Waals surface area contributed by atoms with Crippen molar-refractivity contribution in [2.45, 2.75) is 20.2 Å². The molecule has 27 heavy (non-hydrogen) atoms. The number of aromatic nitrogens is 3. The Balaban J connectivity index is 2.12. The number of ether oxygens (including phenoxy) is 1. The van der Waals surface area contributed by atoms with Crippen molar-refractivity contribution in [2.75, 3.05) is 10.5 Å². The molecule has 2 heterocycles. The number of rotatable bonds is 5. The quantitative estimate of drug-likeness (QED) is 0.710. The van der Waals surface area contributed by atoms with E-state index < -0.39 is 16.4 Å². The Morgan fingerprint density at radius 3 is 2.59 bits per heavy atom. The first kappa shape index (κ1) is 19.0. The topological polar surface area (TPSA) is 85.6 Å². The van der Waals surface area contributed by atoms with Crippen LogP contribution in [0.4, 0.5) is 18.9 Å². The van der Waals surface area contributed by atoms with Crippen LogP contribution in [0, 0.1) is 6.92 Å². The third-order valence-corrected chi connectivity index (χ3v) is 5.01. The molecule has 1 N–H and O–H groups in total. The predicted molar refractivity (Wildman–Crippen MR) is 92.9 cm³/mol. The van der Waals surface area contributed by atoms with E-state index in [0.717, 1.165) is 0 Å². The first-order valence-electron chi connectivity index (χ1n) is 7.80. The summed E-state index contributed by atoms with van der Waals surface area (Å²) >= 11 is 0. The molecule has 144 valence electrons. The van der Waals surface area contributed by atoms with Crippen molar-refractivity contribution in [3.05, 3.63) is 42.4 Å². The van der Waals surface area contributed by atoms with E-state index in [9.17, 15) is 21.6 Å². The summed E-state index contributed by atoms with van der Waals surface area (Å²) in [6.45, 7) is 3.15. The molecule has 0 unspecified atom stereocenters. The lowest BCUT2D eigenvalue weighted by atomic mass is 10.1. The number of aryl methyl sites for hydroxylation is 1. The number of sulfonamides is 1. The van der Waals surface area contributed by atoms with Gasteiger partial charge in [0.15, 0.2) is 5.65 Å². The van der Waals surface area contributed by atoms with Crippen molar-refractivity contribution in [3.8, 4) is 16.9 Å². The van der Waals surface area contributed by atoms with Crippen LogP contribution in [0.3, 0.4) is 0 Å². The van der Waals surface area contributed by atoms with Gasteiger partial charge < -0.3 is 4.74 Å². The summed E-state index contributed by atoms with van der Waals surface area (Å²) in [7, 11) is -3.59. The summed E-state index contributed by atoms with van der Waals surface area (Å²) in [5, 5.41) is 7.87. The largest absolute Gasteiger partial charge is 0.573 e. The van der Waals surface area contributed by atoms with Gasteiger partial charge in [0.05, 0.1) is 11.4 Å². The Bertz CT molecular complexity index is 1090. The third kappa shape index (κ3) is 4.30. The van der Waals surface area contributed by atoms with E-state index in [4.69, 9.17) is 0 Å². The highest BCUT2D eigenvalue weighted by Gasteiger charge is 2.31. The zero-order valence-electron chi connectivity index (χ0n) is 14.3. The van der Waals surface area contributed by atoms with Gasteiger partial charge in [-0.3, -0.25) is 9.12 Å². The van der Waals surface area contributed by atoms with Crippen LogP contribution >= 0.6 is 0 Å². The minimum Gasteiger partial charge on any atom is -0.406 e. The van der Waals surface area contributed by atoms with Crippen LogP contribution in [0.5, 0.6) is 5.75 Å². The van der Waals surface area contributed by atoms with E-state index in [0.29, 0.717) is 17.0 Å². The van der Waals surface area contributed by atoms with Crippen molar-refractivity contribution >= 4 is 21.4 Å². The molecule has 0 fully saturated rings. The Kier molecular flexibility index (Phi) is 4.72. The van der Waals surface area contributed by atoms with Crippen LogP contribution in [-0.2, 0) is 10.0 Å². The normalized spacial score (nSPS) is 12.3.